The zero-order chi connectivity index (χ0) is 22.0. The first-order chi connectivity index (χ1) is 14.8. The van der Waals surface area contributed by atoms with Crippen LogP contribution < -0.4 is 0 Å². The molecule has 1 aliphatic rings. The summed E-state index contributed by atoms with van der Waals surface area (Å²) in [4.78, 5) is 21.7. The molecule has 2 heterocycles. The highest BCUT2D eigenvalue weighted by Crippen LogP contribution is 2.34. The van der Waals surface area contributed by atoms with Gasteiger partial charge in [-0.3, -0.25) is 9.20 Å². The maximum Gasteiger partial charge on any atom is 0.245 e. The number of hydrogen-bond donors (Lipinski definition) is 0. The zero-order valence-electron chi connectivity index (χ0n) is 17.6. The van der Waals surface area contributed by atoms with Crippen LogP contribution in [0, 0.1) is 5.92 Å². The monoisotopic (exact) mass is 425 g/mol. The van der Waals surface area contributed by atoms with Crippen molar-refractivity contribution in [2.45, 2.75) is 45.0 Å². The Balaban J connectivity index is 1.56. The number of nitrogens with zero attached hydrogens (tertiary/aromatic N) is 3. The number of fused-ring (bicyclic) bond motifs is 1. The van der Waals surface area contributed by atoms with Gasteiger partial charge in [0, 0.05) is 42.5 Å². The second-order valence-electron chi connectivity index (χ2n) is 8.21. The summed E-state index contributed by atoms with van der Waals surface area (Å²) >= 11 is 0. The van der Waals surface area contributed by atoms with Crippen molar-refractivity contribution in [1.82, 2.24) is 9.38 Å². The first kappa shape index (κ1) is 21.2. The van der Waals surface area contributed by atoms with E-state index in [-0.39, 0.29) is 18.6 Å². The lowest BCUT2D eigenvalue weighted by Crippen LogP contribution is -2.13. The van der Waals surface area contributed by atoms with Crippen LogP contribution in [0.1, 0.15) is 43.7 Å². The maximum absolute atomic E-state index is 13.0. The summed E-state index contributed by atoms with van der Waals surface area (Å²) in [6.07, 6.45) is 5.59. The van der Waals surface area contributed by atoms with Crippen LogP contribution in [-0.4, -0.2) is 33.9 Å². The minimum absolute atomic E-state index is 0.127. The highest BCUT2D eigenvalue weighted by molar-refractivity contribution is 6.03. The third-order valence-corrected chi connectivity index (χ3v) is 5.43. The van der Waals surface area contributed by atoms with E-state index in [1.165, 1.54) is 0 Å². The van der Waals surface area contributed by atoms with Crippen LogP contribution in [-0.2, 0) is 16.1 Å². The molecular weight excluding hydrogens is 400 g/mol. The van der Waals surface area contributed by atoms with Gasteiger partial charge in [-0.2, -0.15) is 0 Å². The Labute approximate surface area is 179 Å². The summed E-state index contributed by atoms with van der Waals surface area (Å²) in [7, 11) is 1.56. The summed E-state index contributed by atoms with van der Waals surface area (Å²) in [6.45, 7) is 0.839. The predicted octanol–water partition coefficient (Wildman–Crippen LogP) is 5.31. The first-order valence-corrected chi connectivity index (χ1v) is 10.4. The normalized spacial score (nSPS) is 14.8. The SMILES string of the molecule is CON=C(c1ccn2c(-c3cccc(CC(=O)CCC(C)(F)F)c3)cnc2c1)C1CC1. The number of ketones is 1. The van der Waals surface area contributed by atoms with Crippen LogP contribution in [0.4, 0.5) is 8.78 Å². The number of alkyl halides is 2. The number of imidazole rings is 1. The molecule has 1 fully saturated rings. The number of oxime groups is 1. The summed E-state index contributed by atoms with van der Waals surface area (Å²) in [5, 5.41) is 4.20. The van der Waals surface area contributed by atoms with Crippen molar-refractivity contribution in [2.24, 2.45) is 11.1 Å². The van der Waals surface area contributed by atoms with Crippen molar-refractivity contribution in [3.8, 4) is 11.3 Å². The van der Waals surface area contributed by atoms with E-state index in [2.05, 4.69) is 10.1 Å². The van der Waals surface area contributed by atoms with Crippen molar-refractivity contribution in [3.05, 3.63) is 59.9 Å². The third-order valence-electron chi connectivity index (χ3n) is 5.43. The van der Waals surface area contributed by atoms with E-state index in [1.807, 2.05) is 47.0 Å². The lowest BCUT2D eigenvalue weighted by Gasteiger charge is -2.09. The van der Waals surface area contributed by atoms with E-state index in [9.17, 15) is 13.6 Å². The van der Waals surface area contributed by atoms with Gasteiger partial charge in [-0.1, -0.05) is 23.4 Å². The molecule has 1 aliphatic carbocycles. The number of pyridine rings is 1. The molecular formula is C24H25F2N3O2. The number of aromatic nitrogens is 2. The second-order valence-corrected chi connectivity index (χ2v) is 8.21. The Morgan fingerprint density at radius 1 is 1.29 bits per heavy atom. The van der Waals surface area contributed by atoms with E-state index >= 15 is 0 Å². The summed E-state index contributed by atoms with van der Waals surface area (Å²) in [6, 6.07) is 11.6. The molecule has 0 N–H and O–H groups in total. The quantitative estimate of drug-likeness (QED) is 0.345. The van der Waals surface area contributed by atoms with Crippen molar-refractivity contribution in [2.75, 3.05) is 7.11 Å². The van der Waals surface area contributed by atoms with Crippen LogP contribution in [0.15, 0.2) is 53.9 Å². The standard InChI is InChI=1S/C24H25F2N3O2/c1-24(25,26)10-8-20(30)13-16-4-3-5-18(12-16)21-15-27-22-14-19(9-11-29(21)22)23(28-31-2)17-6-7-17/h3-5,9,11-12,14-15,17H,6-8,10,13H2,1-2H3. The molecule has 0 radical (unpaired) electrons. The number of halogens is 2. The minimum Gasteiger partial charge on any atom is -0.399 e. The van der Waals surface area contributed by atoms with E-state index in [0.717, 1.165) is 53.5 Å². The number of benzene rings is 1. The Bertz CT molecular complexity index is 1130. The van der Waals surface area contributed by atoms with E-state index in [4.69, 9.17) is 4.84 Å². The van der Waals surface area contributed by atoms with Gasteiger partial charge in [-0.25, -0.2) is 13.8 Å². The predicted molar refractivity (Wildman–Crippen MR) is 115 cm³/mol. The maximum atomic E-state index is 13.0. The lowest BCUT2D eigenvalue weighted by molar-refractivity contribution is -0.120. The van der Waals surface area contributed by atoms with E-state index < -0.39 is 12.3 Å². The van der Waals surface area contributed by atoms with E-state index in [0.29, 0.717) is 5.92 Å². The lowest BCUT2D eigenvalue weighted by atomic mass is 10.0. The molecule has 0 atom stereocenters. The third kappa shape index (κ3) is 5.16. The van der Waals surface area contributed by atoms with Crippen LogP contribution in [0.2, 0.25) is 0 Å². The largest absolute Gasteiger partial charge is 0.399 e. The Morgan fingerprint density at radius 3 is 2.81 bits per heavy atom. The van der Waals surface area contributed by atoms with E-state index in [1.54, 1.807) is 13.3 Å². The van der Waals surface area contributed by atoms with Crippen molar-refractivity contribution >= 4 is 17.1 Å². The van der Waals surface area contributed by atoms with Crippen LogP contribution in [0.3, 0.4) is 0 Å². The zero-order valence-corrected chi connectivity index (χ0v) is 17.6. The molecule has 7 heteroatoms. The molecule has 0 aliphatic heterocycles. The highest BCUT2D eigenvalue weighted by Gasteiger charge is 2.29. The molecule has 0 bridgehead atoms. The molecule has 31 heavy (non-hydrogen) atoms. The fourth-order valence-electron chi connectivity index (χ4n) is 3.69. The Morgan fingerprint density at radius 2 is 2.10 bits per heavy atom. The molecule has 5 nitrogen and oxygen atoms in total. The van der Waals surface area contributed by atoms with Crippen LogP contribution in [0.25, 0.3) is 16.9 Å². The molecule has 3 aromatic rings. The van der Waals surface area contributed by atoms with Gasteiger partial charge in [0.2, 0.25) is 5.92 Å². The topological polar surface area (TPSA) is 56.0 Å². The summed E-state index contributed by atoms with van der Waals surface area (Å²) in [5.74, 6) is -2.56. The molecule has 0 saturated heterocycles. The molecule has 0 amide bonds. The van der Waals surface area contributed by atoms with Crippen LogP contribution >= 0.6 is 0 Å². The summed E-state index contributed by atoms with van der Waals surface area (Å²) < 4.78 is 28.0. The molecule has 0 unspecified atom stereocenters. The summed E-state index contributed by atoms with van der Waals surface area (Å²) in [5.41, 5.74) is 5.36. The van der Waals surface area contributed by atoms with Gasteiger partial charge in [0.25, 0.3) is 0 Å². The number of Topliss-reactive ketones (excluding diaryl/α,β-unsaturated/α-hetero) is 1. The Kier molecular flexibility index (Phi) is 5.85. The molecule has 0 spiro atoms. The van der Waals surface area contributed by atoms with Gasteiger partial charge < -0.3 is 4.84 Å². The number of carbonyl (C=O) groups is 1. The minimum atomic E-state index is -2.82. The van der Waals surface area contributed by atoms with Gasteiger partial charge >= 0.3 is 0 Å². The number of rotatable bonds is 9. The second kappa shape index (κ2) is 8.57. The molecule has 1 aromatic carbocycles. The van der Waals surface area contributed by atoms with Crippen molar-refractivity contribution in [1.29, 1.82) is 0 Å². The van der Waals surface area contributed by atoms with Crippen molar-refractivity contribution in [3.63, 3.8) is 0 Å². The van der Waals surface area contributed by atoms with Gasteiger partial charge in [-0.05, 0) is 43.5 Å². The number of carbonyl (C=O) groups excluding carboxylic acids is 1. The van der Waals surface area contributed by atoms with Gasteiger partial charge in [0.1, 0.15) is 18.5 Å². The average Bonchev–Trinajstić information content (AvgIpc) is 3.48. The molecule has 162 valence electrons. The van der Waals surface area contributed by atoms with Gasteiger partial charge in [-0.15, -0.1) is 0 Å². The molecule has 1 saturated carbocycles. The first-order valence-electron chi connectivity index (χ1n) is 10.4. The van der Waals surface area contributed by atoms with Gasteiger partial charge in [0.05, 0.1) is 17.6 Å². The number of hydrogen-bond acceptors (Lipinski definition) is 4. The average molecular weight is 425 g/mol. The molecule has 4 rings (SSSR count). The smallest absolute Gasteiger partial charge is 0.245 e. The highest BCUT2D eigenvalue weighted by atomic mass is 19.3. The van der Waals surface area contributed by atoms with Crippen molar-refractivity contribution < 1.29 is 18.4 Å². The fourth-order valence-corrected chi connectivity index (χ4v) is 3.69. The molecule has 2 aromatic heterocycles. The Hall–Kier alpha value is -3.09. The fraction of sp³-hybridized carbons (Fsp3) is 0.375. The van der Waals surface area contributed by atoms with Gasteiger partial charge in [0.15, 0.2) is 0 Å². The van der Waals surface area contributed by atoms with Crippen LogP contribution in [0.5, 0.6) is 0 Å².